The molecule has 0 aliphatic rings. The fourth-order valence-electron chi connectivity index (χ4n) is 2.78. The van der Waals surface area contributed by atoms with Crippen LogP contribution < -0.4 is 9.64 Å². The molecule has 114 valence electrons. The van der Waals surface area contributed by atoms with Gasteiger partial charge in [0.1, 0.15) is 0 Å². The highest BCUT2D eigenvalue weighted by Gasteiger charge is 2.26. The number of benzene rings is 1. The van der Waals surface area contributed by atoms with Gasteiger partial charge in [0.15, 0.2) is 5.75 Å². The number of hydrogen-bond donors (Lipinski definition) is 1. The SMILES string of the molecule is CC(=O)Oc1c(C)[nH]c2ccc(N(C)C)c(C(C)(C)C)c12. The second-order valence-electron chi connectivity index (χ2n) is 6.70. The number of aromatic amines is 1. The molecule has 0 bridgehead atoms. The van der Waals surface area contributed by atoms with E-state index in [9.17, 15) is 4.79 Å². The number of carbonyl (C=O) groups is 1. The van der Waals surface area contributed by atoms with Crippen molar-refractivity contribution in [2.75, 3.05) is 19.0 Å². The Kier molecular flexibility index (Phi) is 3.74. The van der Waals surface area contributed by atoms with E-state index in [-0.39, 0.29) is 11.4 Å². The molecule has 2 rings (SSSR count). The van der Waals surface area contributed by atoms with Crippen LogP contribution in [-0.2, 0) is 10.2 Å². The van der Waals surface area contributed by atoms with Crippen molar-refractivity contribution in [1.82, 2.24) is 4.98 Å². The molecule has 0 atom stereocenters. The molecule has 0 saturated heterocycles. The molecule has 0 unspecified atom stereocenters. The minimum absolute atomic E-state index is 0.0668. The van der Waals surface area contributed by atoms with Gasteiger partial charge in [0, 0.05) is 37.6 Å². The summed E-state index contributed by atoms with van der Waals surface area (Å²) in [6, 6.07) is 4.15. The van der Waals surface area contributed by atoms with Crippen molar-refractivity contribution >= 4 is 22.6 Å². The van der Waals surface area contributed by atoms with Gasteiger partial charge >= 0.3 is 5.97 Å². The van der Waals surface area contributed by atoms with Crippen molar-refractivity contribution in [3.8, 4) is 5.75 Å². The van der Waals surface area contributed by atoms with E-state index in [1.807, 2.05) is 27.1 Å². The van der Waals surface area contributed by atoms with E-state index in [0.717, 1.165) is 22.3 Å². The summed E-state index contributed by atoms with van der Waals surface area (Å²) in [5, 5.41) is 1.00. The van der Waals surface area contributed by atoms with E-state index in [4.69, 9.17) is 4.74 Å². The van der Waals surface area contributed by atoms with Crippen LogP contribution in [0.2, 0.25) is 0 Å². The average molecular weight is 288 g/mol. The molecule has 1 heterocycles. The van der Waals surface area contributed by atoms with Gasteiger partial charge in [0.2, 0.25) is 0 Å². The van der Waals surface area contributed by atoms with Crippen LogP contribution in [0.3, 0.4) is 0 Å². The smallest absolute Gasteiger partial charge is 0.308 e. The zero-order valence-corrected chi connectivity index (χ0v) is 13.9. The van der Waals surface area contributed by atoms with Gasteiger partial charge in [-0.25, -0.2) is 0 Å². The van der Waals surface area contributed by atoms with Crippen LogP contribution in [0.5, 0.6) is 5.75 Å². The largest absolute Gasteiger partial charge is 0.424 e. The molecular formula is C17H24N2O2. The number of H-pyrrole nitrogens is 1. The second-order valence-corrected chi connectivity index (χ2v) is 6.70. The number of nitrogens with one attached hydrogen (secondary N) is 1. The van der Waals surface area contributed by atoms with Gasteiger partial charge in [0.25, 0.3) is 0 Å². The molecule has 0 spiro atoms. The number of aryl methyl sites for hydroxylation is 1. The van der Waals surface area contributed by atoms with E-state index >= 15 is 0 Å². The molecule has 4 nitrogen and oxygen atoms in total. The van der Waals surface area contributed by atoms with Crippen LogP contribution in [0.15, 0.2) is 12.1 Å². The number of esters is 1. The first-order chi connectivity index (χ1) is 9.62. The van der Waals surface area contributed by atoms with Gasteiger partial charge in [-0.05, 0) is 30.0 Å². The second kappa shape index (κ2) is 5.10. The molecule has 0 fully saturated rings. The van der Waals surface area contributed by atoms with E-state index < -0.39 is 0 Å². The highest BCUT2D eigenvalue weighted by molar-refractivity contribution is 5.97. The number of carbonyl (C=O) groups excluding carboxylic acids is 1. The van der Waals surface area contributed by atoms with Gasteiger partial charge in [0.05, 0.1) is 5.69 Å². The topological polar surface area (TPSA) is 45.3 Å². The van der Waals surface area contributed by atoms with Crippen molar-refractivity contribution in [3.05, 3.63) is 23.4 Å². The zero-order chi connectivity index (χ0) is 15.9. The first-order valence-corrected chi connectivity index (χ1v) is 7.14. The molecule has 2 aromatic rings. The summed E-state index contributed by atoms with van der Waals surface area (Å²) in [6.07, 6.45) is 0. The minimum Gasteiger partial charge on any atom is -0.424 e. The normalized spacial score (nSPS) is 11.8. The third-order valence-electron chi connectivity index (χ3n) is 3.55. The lowest BCUT2D eigenvalue weighted by Crippen LogP contribution is -2.19. The lowest BCUT2D eigenvalue weighted by Gasteiger charge is -2.28. The highest BCUT2D eigenvalue weighted by Crippen LogP contribution is 2.43. The molecule has 4 heteroatoms. The van der Waals surface area contributed by atoms with Crippen LogP contribution in [0.25, 0.3) is 10.9 Å². The van der Waals surface area contributed by atoms with Crippen molar-refractivity contribution in [1.29, 1.82) is 0 Å². The number of hydrogen-bond acceptors (Lipinski definition) is 3. The lowest BCUT2D eigenvalue weighted by molar-refractivity contribution is -0.131. The van der Waals surface area contributed by atoms with Gasteiger partial charge in [-0.1, -0.05) is 20.8 Å². The van der Waals surface area contributed by atoms with Crippen LogP contribution in [0.1, 0.15) is 39.0 Å². The maximum absolute atomic E-state index is 11.4. The van der Waals surface area contributed by atoms with Crippen molar-refractivity contribution < 1.29 is 9.53 Å². The van der Waals surface area contributed by atoms with Crippen molar-refractivity contribution in [2.24, 2.45) is 0 Å². The summed E-state index contributed by atoms with van der Waals surface area (Å²) in [6.45, 7) is 9.89. The standard InChI is InChI=1S/C17H24N2O2/c1-10-16(21-11(2)20)14-12(18-10)8-9-13(19(6)7)15(14)17(3,4)5/h8-9,18H,1-7H3. The predicted octanol–water partition coefficient (Wildman–Crippen LogP) is 3.77. The molecule has 0 radical (unpaired) electrons. The van der Waals surface area contributed by atoms with E-state index in [2.05, 4.69) is 36.7 Å². The van der Waals surface area contributed by atoms with Gasteiger partial charge in [-0.15, -0.1) is 0 Å². The number of fused-ring (bicyclic) bond motifs is 1. The fraction of sp³-hybridized carbons (Fsp3) is 0.471. The Morgan fingerprint density at radius 2 is 1.86 bits per heavy atom. The fourth-order valence-corrected chi connectivity index (χ4v) is 2.78. The molecule has 0 saturated carbocycles. The zero-order valence-electron chi connectivity index (χ0n) is 13.9. The van der Waals surface area contributed by atoms with Crippen molar-refractivity contribution in [2.45, 2.75) is 40.0 Å². The summed E-state index contributed by atoms with van der Waals surface area (Å²) in [5.74, 6) is 0.347. The molecule has 1 aromatic carbocycles. The third kappa shape index (κ3) is 2.75. The predicted molar refractivity (Wildman–Crippen MR) is 87.4 cm³/mol. The summed E-state index contributed by atoms with van der Waals surface area (Å²) in [7, 11) is 4.06. The Morgan fingerprint density at radius 1 is 1.24 bits per heavy atom. The monoisotopic (exact) mass is 288 g/mol. The quantitative estimate of drug-likeness (QED) is 0.856. The number of nitrogens with zero attached hydrogens (tertiary/aromatic N) is 1. The third-order valence-corrected chi connectivity index (χ3v) is 3.55. The van der Waals surface area contributed by atoms with Crippen LogP contribution in [0.4, 0.5) is 5.69 Å². The molecule has 21 heavy (non-hydrogen) atoms. The van der Waals surface area contributed by atoms with Crippen molar-refractivity contribution in [3.63, 3.8) is 0 Å². The number of rotatable bonds is 2. The maximum atomic E-state index is 11.4. The van der Waals surface area contributed by atoms with Gasteiger partial charge in [-0.3, -0.25) is 4.79 Å². The van der Waals surface area contributed by atoms with E-state index in [1.165, 1.54) is 12.5 Å². The molecule has 0 amide bonds. The summed E-state index contributed by atoms with van der Waals surface area (Å²) in [5.41, 5.74) is 4.14. The summed E-state index contributed by atoms with van der Waals surface area (Å²) >= 11 is 0. The maximum Gasteiger partial charge on any atom is 0.308 e. The number of aromatic nitrogens is 1. The molecule has 1 N–H and O–H groups in total. The molecular weight excluding hydrogens is 264 g/mol. The van der Waals surface area contributed by atoms with E-state index in [0.29, 0.717) is 5.75 Å². The van der Waals surface area contributed by atoms with Crippen LogP contribution >= 0.6 is 0 Å². The van der Waals surface area contributed by atoms with E-state index in [1.54, 1.807) is 0 Å². The Balaban J connectivity index is 2.90. The number of anilines is 1. The van der Waals surface area contributed by atoms with Gasteiger partial charge < -0.3 is 14.6 Å². The molecule has 0 aliphatic carbocycles. The minimum atomic E-state index is -0.297. The highest BCUT2D eigenvalue weighted by atomic mass is 16.5. The summed E-state index contributed by atoms with van der Waals surface area (Å²) in [4.78, 5) is 16.9. The van der Waals surface area contributed by atoms with Gasteiger partial charge in [-0.2, -0.15) is 0 Å². The Morgan fingerprint density at radius 3 is 2.33 bits per heavy atom. The lowest BCUT2D eigenvalue weighted by atomic mass is 9.83. The first kappa shape index (κ1) is 15.4. The molecule has 0 aliphatic heterocycles. The molecule has 1 aromatic heterocycles. The number of ether oxygens (including phenoxy) is 1. The average Bonchev–Trinajstić information content (AvgIpc) is 2.62. The summed E-state index contributed by atoms with van der Waals surface area (Å²) < 4.78 is 5.48. The Bertz CT molecular complexity index is 691. The van der Waals surface area contributed by atoms with Crippen LogP contribution in [-0.4, -0.2) is 25.0 Å². The Labute approximate surface area is 126 Å². The van der Waals surface area contributed by atoms with Crippen LogP contribution in [0, 0.1) is 6.92 Å². The first-order valence-electron chi connectivity index (χ1n) is 7.14. The Hall–Kier alpha value is -1.97.